The molecular formula is C27H27N5O4. The number of hydrogen-bond donors (Lipinski definition) is 1. The van der Waals surface area contributed by atoms with Gasteiger partial charge in [-0.25, -0.2) is 4.79 Å². The number of anilines is 1. The number of hydrogen-bond acceptors (Lipinski definition) is 8. The minimum Gasteiger partial charge on any atom is -0.494 e. The number of allylic oxidation sites excluding steroid dienone is 1. The molecule has 36 heavy (non-hydrogen) atoms. The molecule has 0 bridgehead atoms. The fraction of sp³-hybridized carbons (Fsp3) is 0.222. The number of fused-ring (bicyclic) bond motifs is 1. The van der Waals surface area contributed by atoms with E-state index in [1.807, 2.05) is 25.2 Å². The highest BCUT2D eigenvalue weighted by molar-refractivity contribution is 5.87. The Hall–Kier alpha value is -4.53. The van der Waals surface area contributed by atoms with Gasteiger partial charge in [0.15, 0.2) is 0 Å². The zero-order valence-electron chi connectivity index (χ0n) is 20.8. The summed E-state index contributed by atoms with van der Waals surface area (Å²) in [6, 6.07) is 15.4. The predicted molar refractivity (Wildman–Crippen MR) is 138 cm³/mol. The minimum absolute atomic E-state index is 0.173. The summed E-state index contributed by atoms with van der Waals surface area (Å²) in [5.74, 6) is -0.121. The second kappa shape index (κ2) is 9.61. The van der Waals surface area contributed by atoms with Gasteiger partial charge in [0.1, 0.15) is 22.9 Å². The van der Waals surface area contributed by atoms with Gasteiger partial charge in [0, 0.05) is 36.0 Å². The van der Waals surface area contributed by atoms with Gasteiger partial charge in [0.25, 0.3) is 0 Å². The fourth-order valence-corrected chi connectivity index (χ4v) is 4.02. The first kappa shape index (κ1) is 24.6. The molecule has 3 aromatic carbocycles. The number of ether oxygens (including phenoxy) is 2. The van der Waals surface area contributed by atoms with Crippen LogP contribution >= 0.6 is 0 Å². The molecular weight excluding hydrogens is 458 g/mol. The Bertz CT molecular complexity index is 1390. The Labute approximate surface area is 209 Å². The zero-order valence-corrected chi connectivity index (χ0v) is 20.8. The molecule has 0 spiro atoms. The Kier molecular flexibility index (Phi) is 6.57. The summed E-state index contributed by atoms with van der Waals surface area (Å²) in [6.45, 7) is 8.50. The number of benzene rings is 3. The van der Waals surface area contributed by atoms with Crippen molar-refractivity contribution < 1.29 is 19.4 Å². The van der Waals surface area contributed by atoms with Gasteiger partial charge in [-0.15, -0.1) is 10.2 Å². The van der Waals surface area contributed by atoms with Crippen LogP contribution in [0.25, 0.3) is 0 Å². The van der Waals surface area contributed by atoms with Crippen LogP contribution < -0.4 is 14.4 Å². The van der Waals surface area contributed by atoms with Gasteiger partial charge in [-0.05, 0) is 48.0 Å². The SMILES string of the molecule is C=C1N(C)c2ccc(/N=N/c3cc(OC)c(/N=N/c4ccc(C(=O)O)cc4)cc3OC)cc2C1(C)C. The average molecular weight is 486 g/mol. The van der Waals surface area contributed by atoms with Crippen molar-refractivity contribution in [2.75, 3.05) is 26.2 Å². The van der Waals surface area contributed by atoms with Crippen LogP contribution in [0.2, 0.25) is 0 Å². The summed E-state index contributed by atoms with van der Waals surface area (Å²) in [5, 5.41) is 26.3. The van der Waals surface area contributed by atoms with Crippen molar-refractivity contribution in [2.45, 2.75) is 19.3 Å². The second-order valence-corrected chi connectivity index (χ2v) is 8.78. The number of methoxy groups -OCH3 is 2. The Morgan fingerprint density at radius 1 is 0.861 bits per heavy atom. The Balaban J connectivity index is 1.62. The van der Waals surface area contributed by atoms with E-state index in [1.165, 1.54) is 26.4 Å². The quantitative estimate of drug-likeness (QED) is 0.349. The number of azo groups is 2. The Morgan fingerprint density at radius 2 is 1.39 bits per heavy atom. The molecule has 4 rings (SSSR count). The van der Waals surface area contributed by atoms with Crippen LogP contribution in [0.5, 0.6) is 11.5 Å². The van der Waals surface area contributed by atoms with Gasteiger partial charge < -0.3 is 19.5 Å². The fourth-order valence-electron chi connectivity index (χ4n) is 4.02. The van der Waals surface area contributed by atoms with Gasteiger partial charge in [-0.2, -0.15) is 10.2 Å². The summed E-state index contributed by atoms with van der Waals surface area (Å²) in [4.78, 5) is 13.1. The van der Waals surface area contributed by atoms with E-state index in [0.29, 0.717) is 34.2 Å². The topological polar surface area (TPSA) is 108 Å². The summed E-state index contributed by atoms with van der Waals surface area (Å²) < 4.78 is 11.0. The molecule has 0 saturated carbocycles. The molecule has 0 radical (unpaired) electrons. The Morgan fingerprint density at radius 3 is 1.92 bits per heavy atom. The third-order valence-corrected chi connectivity index (χ3v) is 6.28. The van der Waals surface area contributed by atoms with Crippen molar-refractivity contribution >= 4 is 34.4 Å². The lowest BCUT2D eigenvalue weighted by atomic mass is 9.84. The van der Waals surface area contributed by atoms with E-state index < -0.39 is 5.97 Å². The van der Waals surface area contributed by atoms with E-state index in [0.717, 1.165) is 16.9 Å². The van der Waals surface area contributed by atoms with Crippen LogP contribution in [0, 0.1) is 0 Å². The molecule has 1 aliphatic rings. The van der Waals surface area contributed by atoms with E-state index in [1.54, 1.807) is 24.3 Å². The molecule has 0 fully saturated rings. The molecule has 0 amide bonds. The van der Waals surface area contributed by atoms with E-state index >= 15 is 0 Å². The van der Waals surface area contributed by atoms with Crippen LogP contribution in [0.1, 0.15) is 29.8 Å². The van der Waals surface area contributed by atoms with Crippen molar-refractivity contribution in [3.8, 4) is 11.5 Å². The van der Waals surface area contributed by atoms with E-state index in [-0.39, 0.29) is 11.0 Å². The smallest absolute Gasteiger partial charge is 0.335 e. The highest BCUT2D eigenvalue weighted by Crippen LogP contribution is 2.47. The second-order valence-electron chi connectivity index (χ2n) is 8.78. The maximum atomic E-state index is 11.0. The number of nitrogens with zero attached hydrogens (tertiary/aromatic N) is 5. The van der Waals surface area contributed by atoms with Crippen LogP contribution in [0.4, 0.5) is 28.4 Å². The van der Waals surface area contributed by atoms with E-state index in [2.05, 4.69) is 45.8 Å². The standard InChI is InChI=1S/C27H27N5O4/c1-16-27(2,3)20-13-19(11-12-23(20)32(16)4)29-31-22-15-24(35-5)21(14-25(22)36-6)30-28-18-9-7-17(8-10-18)26(33)34/h7-15H,1H2,2-6H3,(H,33,34)/b30-28+,31-29+. The van der Waals surface area contributed by atoms with Gasteiger partial charge >= 0.3 is 5.97 Å². The van der Waals surface area contributed by atoms with Gasteiger partial charge in [0.05, 0.1) is 31.2 Å². The maximum absolute atomic E-state index is 11.0. The van der Waals surface area contributed by atoms with Crippen LogP contribution in [0.15, 0.2) is 87.3 Å². The number of likely N-dealkylation sites (N-methyl/N-ethyl adjacent to an activating group) is 1. The summed E-state index contributed by atoms with van der Waals surface area (Å²) in [5.41, 5.74) is 5.36. The van der Waals surface area contributed by atoms with Gasteiger partial charge in [0.2, 0.25) is 0 Å². The number of aromatic carboxylic acids is 1. The lowest BCUT2D eigenvalue weighted by Gasteiger charge is -2.22. The minimum atomic E-state index is -1.00. The molecule has 9 heteroatoms. The average Bonchev–Trinajstić information content (AvgIpc) is 3.05. The van der Waals surface area contributed by atoms with Crippen molar-refractivity contribution in [3.05, 3.63) is 78.0 Å². The van der Waals surface area contributed by atoms with E-state index in [9.17, 15) is 4.79 Å². The van der Waals surface area contributed by atoms with Crippen molar-refractivity contribution in [2.24, 2.45) is 20.5 Å². The van der Waals surface area contributed by atoms with Crippen LogP contribution in [0.3, 0.4) is 0 Å². The van der Waals surface area contributed by atoms with Gasteiger partial charge in [-0.1, -0.05) is 20.4 Å². The highest BCUT2D eigenvalue weighted by atomic mass is 16.5. The van der Waals surface area contributed by atoms with Crippen LogP contribution in [-0.2, 0) is 5.41 Å². The molecule has 9 nitrogen and oxygen atoms in total. The normalized spacial score (nSPS) is 14.5. The summed E-state index contributed by atoms with van der Waals surface area (Å²) in [6.07, 6.45) is 0. The molecule has 0 aromatic heterocycles. The van der Waals surface area contributed by atoms with Gasteiger partial charge in [-0.3, -0.25) is 0 Å². The molecule has 1 heterocycles. The zero-order chi connectivity index (χ0) is 26.0. The first-order valence-corrected chi connectivity index (χ1v) is 11.2. The number of rotatable bonds is 7. The first-order chi connectivity index (χ1) is 17.1. The highest BCUT2D eigenvalue weighted by Gasteiger charge is 2.37. The molecule has 0 atom stereocenters. The lowest BCUT2D eigenvalue weighted by Crippen LogP contribution is -2.21. The van der Waals surface area contributed by atoms with Crippen LogP contribution in [-0.4, -0.2) is 32.3 Å². The van der Waals surface area contributed by atoms with E-state index in [4.69, 9.17) is 14.6 Å². The predicted octanol–water partition coefficient (Wildman–Crippen LogP) is 7.47. The maximum Gasteiger partial charge on any atom is 0.335 e. The number of carboxylic acids is 1. The van der Waals surface area contributed by atoms with Crippen molar-refractivity contribution in [1.29, 1.82) is 0 Å². The monoisotopic (exact) mass is 485 g/mol. The van der Waals surface area contributed by atoms with Crippen molar-refractivity contribution in [1.82, 2.24) is 0 Å². The lowest BCUT2D eigenvalue weighted by molar-refractivity contribution is 0.0697. The summed E-state index contributed by atoms with van der Waals surface area (Å²) >= 11 is 0. The molecule has 1 aliphatic heterocycles. The molecule has 0 unspecified atom stereocenters. The first-order valence-electron chi connectivity index (χ1n) is 11.2. The summed E-state index contributed by atoms with van der Waals surface area (Å²) in [7, 11) is 5.07. The molecule has 0 saturated heterocycles. The number of carbonyl (C=O) groups is 1. The third kappa shape index (κ3) is 4.55. The molecule has 184 valence electrons. The number of carboxylic acid groups (broad SMARTS) is 1. The largest absolute Gasteiger partial charge is 0.494 e. The third-order valence-electron chi connectivity index (χ3n) is 6.28. The van der Waals surface area contributed by atoms with Crippen molar-refractivity contribution in [3.63, 3.8) is 0 Å². The molecule has 3 aromatic rings. The molecule has 0 aliphatic carbocycles. The molecule has 1 N–H and O–H groups in total.